The molecule has 0 N–H and O–H groups in total. The fourth-order valence-electron chi connectivity index (χ4n) is 1.87. The van der Waals surface area contributed by atoms with Gasteiger partial charge >= 0.3 is 5.97 Å². The maximum absolute atomic E-state index is 12.5. The zero-order valence-corrected chi connectivity index (χ0v) is 12.5. The molecule has 0 fully saturated rings. The second kappa shape index (κ2) is 6.88. The van der Waals surface area contributed by atoms with Crippen molar-refractivity contribution < 1.29 is 14.3 Å². The molecule has 0 aliphatic rings. The van der Waals surface area contributed by atoms with E-state index in [-0.39, 0.29) is 16.9 Å². The maximum atomic E-state index is 12.5. The molecule has 2 aromatic rings. The lowest BCUT2D eigenvalue weighted by atomic mass is 9.98. The smallest absolute Gasteiger partial charge is 0.340 e. The molecule has 0 radical (unpaired) electrons. The Balaban J connectivity index is 2.36. The van der Waals surface area contributed by atoms with Gasteiger partial charge in [-0.25, -0.2) is 4.79 Å². The summed E-state index contributed by atoms with van der Waals surface area (Å²) in [6.45, 7) is 1.46. The van der Waals surface area contributed by atoms with E-state index < -0.39 is 12.1 Å². The van der Waals surface area contributed by atoms with Gasteiger partial charge in [0.05, 0.1) is 5.56 Å². The average molecular weight is 314 g/mol. The number of hydrogen-bond acceptors (Lipinski definition) is 4. The molecule has 0 amide bonds. The van der Waals surface area contributed by atoms with E-state index in [1.807, 2.05) is 6.07 Å². The summed E-state index contributed by atoms with van der Waals surface area (Å²) < 4.78 is 4.96. The highest BCUT2D eigenvalue weighted by Crippen LogP contribution is 2.18. The molecule has 0 spiro atoms. The van der Waals surface area contributed by atoms with Crippen molar-refractivity contribution in [1.29, 1.82) is 5.26 Å². The summed E-state index contributed by atoms with van der Waals surface area (Å²) in [5, 5.41) is 9.23. The lowest BCUT2D eigenvalue weighted by Crippen LogP contribution is -2.16. The van der Waals surface area contributed by atoms with Crippen LogP contribution >= 0.6 is 11.6 Å². The number of rotatable bonds is 4. The Labute approximate surface area is 132 Å². The van der Waals surface area contributed by atoms with Gasteiger partial charge in [-0.3, -0.25) is 4.79 Å². The Morgan fingerprint density at radius 1 is 1.09 bits per heavy atom. The topological polar surface area (TPSA) is 67.2 Å². The van der Waals surface area contributed by atoms with E-state index in [4.69, 9.17) is 21.6 Å². The molecule has 2 rings (SSSR count). The third-order valence-corrected chi connectivity index (χ3v) is 3.22. The number of ketones is 1. The summed E-state index contributed by atoms with van der Waals surface area (Å²) in [6.07, 6.45) is -0.883. The van der Waals surface area contributed by atoms with E-state index in [0.717, 1.165) is 0 Å². The summed E-state index contributed by atoms with van der Waals surface area (Å²) in [6, 6.07) is 14.5. The zero-order valence-electron chi connectivity index (χ0n) is 11.7. The van der Waals surface area contributed by atoms with Crippen molar-refractivity contribution >= 4 is 23.4 Å². The van der Waals surface area contributed by atoms with E-state index in [0.29, 0.717) is 10.6 Å². The van der Waals surface area contributed by atoms with E-state index in [1.165, 1.54) is 13.0 Å². The van der Waals surface area contributed by atoms with Crippen LogP contribution in [0.2, 0.25) is 5.02 Å². The highest BCUT2D eigenvalue weighted by molar-refractivity contribution is 6.30. The Bertz CT molecular complexity index is 747. The second-order valence-electron chi connectivity index (χ2n) is 4.56. The van der Waals surface area contributed by atoms with Gasteiger partial charge in [-0.1, -0.05) is 29.8 Å². The number of carbonyl (C=O) groups excluding carboxylic acids is 2. The van der Waals surface area contributed by atoms with Gasteiger partial charge in [0.25, 0.3) is 0 Å². The molecular weight excluding hydrogens is 302 g/mol. The second-order valence-corrected chi connectivity index (χ2v) is 4.99. The van der Waals surface area contributed by atoms with Crippen LogP contribution in [0, 0.1) is 11.3 Å². The summed E-state index contributed by atoms with van der Waals surface area (Å²) in [4.78, 5) is 24.6. The van der Waals surface area contributed by atoms with Crippen LogP contribution in [-0.2, 0) is 4.74 Å². The molecule has 0 aliphatic heterocycles. The number of esters is 1. The molecule has 0 bridgehead atoms. The van der Waals surface area contributed by atoms with Crippen molar-refractivity contribution in [3.63, 3.8) is 0 Å². The first-order valence-corrected chi connectivity index (χ1v) is 6.90. The predicted molar refractivity (Wildman–Crippen MR) is 81.8 cm³/mol. The normalized spacial score (nSPS) is 11.3. The van der Waals surface area contributed by atoms with Crippen LogP contribution in [0.25, 0.3) is 0 Å². The minimum atomic E-state index is -0.883. The van der Waals surface area contributed by atoms with Crippen molar-refractivity contribution in [3.8, 4) is 6.07 Å². The van der Waals surface area contributed by atoms with Crippen molar-refractivity contribution in [2.75, 3.05) is 0 Å². The van der Waals surface area contributed by atoms with Gasteiger partial charge in [0.2, 0.25) is 0 Å². The van der Waals surface area contributed by atoms with Crippen LogP contribution in [0.4, 0.5) is 0 Å². The van der Waals surface area contributed by atoms with Crippen LogP contribution < -0.4 is 0 Å². The van der Waals surface area contributed by atoms with Crippen molar-refractivity contribution in [2.45, 2.75) is 13.0 Å². The van der Waals surface area contributed by atoms with E-state index in [9.17, 15) is 9.59 Å². The third-order valence-electron chi connectivity index (χ3n) is 2.96. The molecule has 0 aliphatic carbocycles. The highest BCUT2D eigenvalue weighted by Gasteiger charge is 2.20. The first-order valence-electron chi connectivity index (χ1n) is 6.53. The number of benzene rings is 2. The van der Waals surface area contributed by atoms with Gasteiger partial charge in [0.1, 0.15) is 6.07 Å². The van der Waals surface area contributed by atoms with Gasteiger partial charge in [-0.15, -0.1) is 0 Å². The van der Waals surface area contributed by atoms with Gasteiger partial charge in [0, 0.05) is 16.1 Å². The number of ether oxygens (including phenoxy) is 1. The predicted octanol–water partition coefficient (Wildman–Crippen LogP) is 3.64. The Morgan fingerprint density at radius 3 is 2.27 bits per heavy atom. The number of nitriles is 1. The lowest BCUT2D eigenvalue weighted by molar-refractivity contribution is 0.0433. The standard InChI is InChI=1S/C17H12ClNO3/c1-11(10-19)22-17(21)15-5-3-2-4-14(15)16(20)12-6-8-13(18)9-7-12/h2-9,11H,1H3/t11-/m1/s1. The van der Waals surface area contributed by atoms with Crippen LogP contribution in [-0.4, -0.2) is 17.9 Å². The van der Waals surface area contributed by atoms with Crippen molar-refractivity contribution in [3.05, 3.63) is 70.2 Å². The summed E-state index contributed by atoms with van der Waals surface area (Å²) in [5.74, 6) is -1.01. The maximum Gasteiger partial charge on any atom is 0.340 e. The molecule has 0 saturated heterocycles. The lowest BCUT2D eigenvalue weighted by Gasteiger charge is -2.10. The van der Waals surface area contributed by atoms with Crippen molar-refractivity contribution in [1.82, 2.24) is 0 Å². The number of halogens is 1. The molecule has 0 heterocycles. The Hall–Kier alpha value is -2.64. The molecule has 5 heteroatoms. The van der Waals surface area contributed by atoms with Crippen LogP contribution in [0.1, 0.15) is 33.2 Å². The highest BCUT2D eigenvalue weighted by atomic mass is 35.5. The van der Waals surface area contributed by atoms with Crippen molar-refractivity contribution in [2.24, 2.45) is 0 Å². The SMILES string of the molecule is C[C@H](C#N)OC(=O)c1ccccc1C(=O)c1ccc(Cl)cc1. The molecule has 0 unspecified atom stereocenters. The average Bonchev–Trinajstić information content (AvgIpc) is 2.54. The van der Waals surface area contributed by atoms with Crippen LogP contribution in [0.3, 0.4) is 0 Å². The van der Waals surface area contributed by atoms with Gasteiger partial charge in [0.15, 0.2) is 11.9 Å². The van der Waals surface area contributed by atoms with Crippen LogP contribution in [0.15, 0.2) is 48.5 Å². The Morgan fingerprint density at radius 2 is 1.68 bits per heavy atom. The molecule has 0 aromatic heterocycles. The number of hydrogen-bond donors (Lipinski definition) is 0. The summed E-state index contributed by atoms with van der Waals surface area (Å²) in [5.41, 5.74) is 0.766. The molecule has 1 atom stereocenters. The fourth-order valence-corrected chi connectivity index (χ4v) is 1.99. The molecule has 110 valence electrons. The summed E-state index contributed by atoms with van der Waals surface area (Å²) in [7, 11) is 0. The van der Waals surface area contributed by atoms with Crippen LogP contribution in [0.5, 0.6) is 0 Å². The van der Waals surface area contributed by atoms with E-state index in [1.54, 1.807) is 42.5 Å². The molecule has 2 aromatic carbocycles. The molecule has 22 heavy (non-hydrogen) atoms. The number of nitrogens with zero attached hydrogens (tertiary/aromatic N) is 1. The zero-order chi connectivity index (χ0) is 16.1. The van der Waals surface area contributed by atoms with Gasteiger partial charge in [-0.2, -0.15) is 5.26 Å². The Kier molecular flexibility index (Phi) is 4.92. The molecule has 4 nitrogen and oxygen atoms in total. The molecule has 0 saturated carbocycles. The summed E-state index contributed by atoms with van der Waals surface area (Å²) >= 11 is 5.80. The molecular formula is C17H12ClNO3. The first kappa shape index (κ1) is 15.7. The minimum absolute atomic E-state index is 0.129. The third kappa shape index (κ3) is 3.51. The van der Waals surface area contributed by atoms with E-state index in [2.05, 4.69) is 0 Å². The fraction of sp³-hybridized carbons (Fsp3) is 0.118. The minimum Gasteiger partial charge on any atom is -0.444 e. The first-order chi connectivity index (χ1) is 10.5. The van der Waals surface area contributed by atoms with Gasteiger partial charge in [-0.05, 0) is 37.3 Å². The monoisotopic (exact) mass is 313 g/mol. The quantitative estimate of drug-likeness (QED) is 0.638. The number of carbonyl (C=O) groups is 2. The van der Waals surface area contributed by atoms with Gasteiger partial charge < -0.3 is 4.74 Å². The van der Waals surface area contributed by atoms with E-state index >= 15 is 0 Å². The largest absolute Gasteiger partial charge is 0.444 e.